The molecule has 1 atom stereocenters. The van der Waals surface area contributed by atoms with E-state index in [0.717, 1.165) is 39.5 Å². The molecular weight excluding hydrogens is 378 g/mol. The molecule has 0 aliphatic rings. The molecule has 0 amide bonds. The van der Waals surface area contributed by atoms with E-state index in [0.29, 0.717) is 18.7 Å². The van der Waals surface area contributed by atoms with Crippen LogP contribution in [0.3, 0.4) is 0 Å². The first-order chi connectivity index (χ1) is 11.2. The van der Waals surface area contributed by atoms with E-state index >= 15 is 0 Å². The van der Waals surface area contributed by atoms with Crippen molar-refractivity contribution in [3.8, 4) is 0 Å². The summed E-state index contributed by atoms with van der Waals surface area (Å²) in [7, 11) is 0. The van der Waals surface area contributed by atoms with E-state index in [-0.39, 0.29) is 0 Å². The van der Waals surface area contributed by atoms with Crippen molar-refractivity contribution >= 4 is 44.3 Å². The molecule has 7 heteroatoms. The van der Waals surface area contributed by atoms with Crippen molar-refractivity contribution in [1.82, 2.24) is 10.3 Å². The highest BCUT2D eigenvalue weighted by molar-refractivity contribution is 9.10. The maximum Gasteiger partial charge on any atom is 0.147 e. The van der Waals surface area contributed by atoms with Gasteiger partial charge in [-0.3, -0.25) is 5.32 Å². The van der Waals surface area contributed by atoms with Crippen molar-refractivity contribution in [3.05, 3.63) is 34.4 Å². The number of aliphatic hydroxyl groups excluding tert-OH is 1. The summed E-state index contributed by atoms with van der Waals surface area (Å²) in [4.78, 5) is 3.19. The fourth-order valence-corrected chi connectivity index (χ4v) is 3.26. The minimum Gasteiger partial charge on any atom is -0.411 e. The maximum absolute atomic E-state index is 10.2. The van der Waals surface area contributed by atoms with Gasteiger partial charge in [0.2, 0.25) is 0 Å². The highest BCUT2D eigenvalue weighted by Crippen LogP contribution is 2.23. The number of benzene rings is 1. The molecule has 0 spiro atoms. The van der Waals surface area contributed by atoms with E-state index in [4.69, 9.17) is 0 Å². The van der Waals surface area contributed by atoms with E-state index in [1.54, 1.807) is 0 Å². The minimum atomic E-state index is -0.939. The van der Waals surface area contributed by atoms with Crippen LogP contribution < -0.4 is 5.32 Å². The number of oxime groups is 1. The Kier molecular flexibility index (Phi) is 7.42. The molecule has 5 nitrogen and oxygen atoms in total. The van der Waals surface area contributed by atoms with E-state index < -0.39 is 6.23 Å². The summed E-state index contributed by atoms with van der Waals surface area (Å²) in [6.07, 6.45) is 5.49. The third-order valence-electron chi connectivity index (χ3n) is 3.66. The van der Waals surface area contributed by atoms with Gasteiger partial charge in [0.15, 0.2) is 0 Å². The van der Waals surface area contributed by atoms with Crippen LogP contribution in [0.15, 0.2) is 34.0 Å². The molecule has 0 radical (unpaired) electrons. The van der Waals surface area contributed by atoms with E-state index in [1.165, 1.54) is 0 Å². The Morgan fingerprint density at radius 2 is 2.26 bits per heavy atom. The first-order valence-corrected chi connectivity index (χ1v) is 9.71. The second kappa shape index (κ2) is 9.32. The number of nitrogens with one attached hydrogen (secondary N) is 2. The van der Waals surface area contributed by atoms with Crippen LogP contribution in [0.25, 0.3) is 10.9 Å². The normalized spacial score (nSPS) is 13.6. The van der Waals surface area contributed by atoms with Gasteiger partial charge in [-0.25, -0.2) is 0 Å². The zero-order valence-electron chi connectivity index (χ0n) is 13.1. The van der Waals surface area contributed by atoms with Gasteiger partial charge in [0, 0.05) is 28.0 Å². The third kappa shape index (κ3) is 5.24. The molecule has 0 bridgehead atoms. The molecule has 1 heterocycles. The Balaban J connectivity index is 1.96. The number of nitrogens with zero attached hydrogens (tertiary/aromatic N) is 1. The molecule has 0 aliphatic carbocycles. The van der Waals surface area contributed by atoms with Gasteiger partial charge < -0.3 is 15.3 Å². The summed E-state index contributed by atoms with van der Waals surface area (Å²) in [5.74, 6) is 1.11. The van der Waals surface area contributed by atoms with Gasteiger partial charge in [-0.05, 0) is 55.2 Å². The number of halogens is 1. The van der Waals surface area contributed by atoms with Gasteiger partial charge in [0.05, 0.1) is 0 Å². The molecule has 0 saturated carbocycles. The summed E-state index contributed by atoms with van der Waals surface area (Å²) in [5, 5.41) is 26.7. The third-order valence-corrected chi connectivity index (χ3v) is 4.85. The number of hydrogen-bond donors (Lipinski definition) is 4. The van der Waals surface area contributed by atoms with Crippen molar-refractivity contribution in [2.75, 3.05) is 18.6 Å². The predicted octanol–water partition coefficient (Wildman–Crippen LogP) is 3.35. The largest absolute Gasteiger partial charge is 0.411 e. The molecule has 1 unspecified atom stereocenters. The zero-order chi connectivity index (χ0) is 16.7. The molecule has 2 aromatic rings. The summed E-state index contributed by atoms with van der Waals surface area (Å²) in [5.41, 5.74) is 2.31. The Labute approximate surface area is 148 Å². The number of unbranched alkanes of at least 4 members (excludes halogenated alkanes) is 1. The summed E-state index contributed by atoms with van der Waals surface area (Å²) < 4.78 is 0.987. The smallest absolute Gasteiger partial charge is 0.147 e. The molecule has 126 valence electrons. The van der Waals surface area contributed by atoms with E-state index in [1.807, 2.05) is 36.2 Å². The Bertz CT molecular complexity index is 660. The molecule has 4 N–H and O–H groups in total. The lowest BCUT2D eigenvalue weighted by molar-refractivity contribution is 0.192. The minimum absolute atomic E-state index is 0.316. The number of rotatable bonds is 9. The number of H-pyrrole nitrogens is 1. The first-order valence-electron chi connectivity index (χ1n) is 7.52. The Morgan fingerprint density at radius 1 is 1.43 bits per heavy atom. The summed E-state index contributed by atoms with van der Waals surface area (Å²) in [6, 6.07) is 5.96. The van der Waals surface area contributed by atoms with Gasteiger partial charge in [-0.1, -0.05) is 21.1 Å². The molecule has 0 aliphatic heterocycles. The second-order valence-corrected chi connectivity index (χ2v) is 7.23. The first kappa shape index (κ1) is 18.3. The van der Waals surface area contributed by atoms with Crippen molar-refractivity contribution in [3.63, 3.8) is 0 Å². The number of aromatic nitrogens is 1. The van der Waals surface area contributed by atoms with Gasteiger partial charge in [-0.15, -0.1) is 0 Å². The van der Waals surface area contributed by atoms with Crippen molar-refractivity contribution in [2.24, 2.45) is 5.16 Å². The van der Waals surface area contributed by atoms with Crippen LogP contribution in [-0.4, -0.2) is 45.8 Å². The molecule has 2 rings (SSSR count). The topological polar surface area (TPSA) is 80.6 Å². The number of aliphatic hydroxyl groups is 1. The molecule has 0 fully saturated rings. The molecule has 0 saturated heterocycles. The fourth-order valence-electron chi connectivity index (χ4n) is 2.41. The lowest BCUT2D eigenvalue weighted by Gasteiger charge is -2.14. The lowest BCUT2D eigenvalue weighted by Crippen LogP contribution is -2.38. The highest BCUT2D eigenvalue weighted by atomic mass is 79.9. The average Bonchev–Trinajstić information content (AvgIpc) is 2.94. The second-order valence-electron chi connectivity index (χ2n) is 5.33. The number of thioether (sulfide) groups is 1. The van der Waals surface area contributed by atoms with Gasteiger partial charge >= 0.3 is 0 Å². The van der Waals surface area contributed by atoms with Crippen LogP contribution in [-0.2, 0) is 6.42 Å². The predicted molar refractivity (Wildman–Crippen MR) is 101 cm³/mol. The summed E-state index contributed by atoms with van der Waals surface area (Å²) in [6.45, 7) is 0.695. The highest BCUT2D eigenvalue weighted by Gasteiger charge is 2.15. The number of aromatic amines is 1. The van der Waals surface area contributed by atoms with Gasteiger partial charge in [0.1, 0.15) is 11.9 Å². The molecular formula is C16H22BrN3O2S. The zero-order valence-corrected chi connectivity index (χ0v) is 15.5. The van der Waals surface area contributed by atoms with Crippen LogP contribution in [0.2, 0.25) is 0 Å². The summed E-state index contributed by atoms with van der Waals surface area (Å²) >= 11 is 5.28. The molecule has 1 aromatic heterocycles. The van der Waals surface area contributed by atoms with Crippen LogP contribution in [0.4, 0.5) is 0 Å². The molecule has 1 aromatic carbocycles. The monoisotopic (exact) mass is 399 g/mol. The van der Waals surface area contributed by atoms with Gasteiger partial charge in [-0.2, -0.15) is 11.8 Å². The van der Waals surface area contributed by atoms with Gasteiger partial charge in [0.25, 0.3) is 0 Å². The standard InChI is InChI=1S/C16H22BrN3O2S/c1-23-7-3-2-6-18-16(21)15(20-22)8-11-10-19-14-5-4-12(17)9-13(11)14/h4-5,9-10,16,18-19,21-22H,2-3,6-8H2,1H3/b20-15+. The van der Waals surface area contributed by atoms with E-state index in [9.17, 15) is 10.3 Å². The average molecular weight is 400 g/mol. The quantitative estimate of drug-likeness (QED) is 0.171. The van der Waals surface area contributed by atoms with Crippen LogP contribution in [0, 0.1) is 0 Å². The SMILES string of the molecule is CSCCCCNC(O)/C(Cc1c[nH]c2ccc(Br)cc12)=N/O. The van der Waals surface area contributed by atoms with Crippen molar-refractivity contribution in [2.45, 2.75) is 25.5 Å². The fraction of sp³-hybridized carbons (Fsp3) is 0.438. The molecule has 23 heavy (non-hydrogen) atoms. The van der Waals surface area contributed by atoms with Crippen LogP contribution in [0.5, 0.6) is 0 Å². The number of hydrogen-bond acceptors (Lipinski definition) is 5. The lowest BCUT2D eigenvalue weighted by atomic mass is 10.1. The maximum atomic E-state index is 10.2. The van der Waals surface area contributed by atoms with Crippen molar-refractivity contribution < 1.29 is 10.3 Å². The Hall–Kier alpha value is -1.02. The number of fused-ring (bicyclic) bond motifs is 1. The van der Waals surface area contributed by atoms with Crippen molar-refractivity contribution in [1.29, 1.82) is 0 Å². The van der Waals surface area contributed by atoms with Crippen LogP contribution >= 0.6 is 27.7 Å². The Morgan fingerprint density at radius 3 is 3.00 bits per heavy atom. The van der Waals surface area contributed by atoms with E-state index in [2.05, 4.69) is 37.6 Å². The van der Waals surface area contributed by atoms with Crippen LogP contribution in [0.1, 0.15) is 18.4 Å².